The highest BCUT2D eigenvalue weighted by Crippen LogP contribution is 2.25. The molecular formula is C20H17FN4O3. The summed E-state index contributed by atoms with van der Waals surface area (Å²) >= 11 is 0. The lowest BCUT2D eigenvalue weighted by atomic mass is 10.1. The van der Waals surface area contributed by atoms with Crippen LogP contribution in [0.5, 0.6) is 0 Å². The van der Waals surface area contributed by atoms with Crippen LogP contribution in [0.1, 0.15) is 12.1 Å². The lowest BCUT2D eigenvalue weighted by Crippen LogP contribution is -2.33. The van der Waals surface area contributed by atoms with Gasteiger partial charge in [-0.3, -0.25) is 14.4 Å². The predicted octanol–water partition coefficient (Wildman–Crippen LogP) is 1.73. The van der Waals surface area contributed by atoms with E-state index in [1.165, 1.54) is 29.2 Å². The van der Waals surface area contributed by atoms with Crippen LogP contribution in [-0.4, -0.2) is 28.6 Å². The maximum atomic E-state index is 13.1. The molecule has 1 aliphatic rings. The van der Waals surface area contributed by atoms with Gasteiger partial charge in [0, 0.05) is 24.0 Å². The average Bonchev–Trinajstić information content (AvgIpc) is 3.10. The second-order valence-electron chi connectivity index (χ2n) is 6.64. The number of H-pyrrole nitrogens is 1. The molecule has 1 aliphatic heterocycles. The molecule has 0 bridgehead atoms. The van der Waals surface area contributed by atoms with Crippen molar-refractivity contribution in [2.75, 3.05) is 11.4 Å². The maximum Gasteiger partial charge on any atom is 0.272 e. The van der Waals surface area contributed by atoms with Crippen molar-refractivity contribution in [3.05, 3.63) is 70.4 Å². The molecule has 2 amide bonds. The minimum atomic E-state index is -0.508. The highest BCUT2D eigenvalue weighted by molar-refractivity contribution is 6.00. The Kier molecular flexibility index (Phi) is 4.60. The summed E-state index contributed by atoms with van der Waals surface area (Å²) in [7, 11) is 0. The van der Waals surface area contributed by atoms with Crippen molar-refractivity contribution in [3.63, 3.8) is 0 Å². The Labute approximate surface area is 159 Å². The Bertz CT molecular complexity index is 1110. The number of nitrogens with zero attached hydrogens (tertiary/aromatic N) is 2. The zero-order valence-electron chi connectivity index (χ0n) is 14.8. The number of aromatic amines is 1. The smallest absolute Gasteiger partial charge is 0.272 e. The molecule has 0 unspecified atom stereocenters. The van der Waals surface area contributed by atoms with E-state index < -0.39 is 5.92 Å². The third kappa shape index (κ3) is 3.36. The quantitative estimate of drug-likeness (QED) is 0.721. The van der Waals surface area contributed by atoms with Crippen molar-refractivity contribution < 1.29 is 14.0 Å². The van der Waals surface area contributed by atoms with E-state index in [0.717, 1.165) is 0 Å². The molecule has 1 atom stereocenters. The summed E-state index contributed by atoms with van der Waals surface area (Å²) in [6, 6.07) is 12.6. The standard InChI is InChI=1S/C20H17FN4O3/c21-13-5-7-14(8-6-13)25-11-12(9-18(25)26)19(27)22-10-17-15-3-1-2-4-16(15)20(28)24-23-17/h1-8,12H,9-11H2,(H,22,27)(H,24,28)/t12-/m1/s1. The Morgan fingerprint density at radius 1 is 1.14 bits per heavy atom. The molecule has 1 fully saturated rings. The highest BCUT2D eigenvalue weighted by atomic mass is 19.1. The van der Waals surface area contributed by atoms with Crippen molar-refractivity contribution in [2.45, 2.75) is 13.0 Å². The van der Waals surface area contributed by atoms with Gasteiger partial charge in [0.1, 0.15) is 5.82 Å². The first-order valence-corrected chi connectivity index (χ1v) is 8.83. The molecule has 0 aliphatic carbocycles. The van der Waals surface area contributed by atoms with Gasteiger partial charge in [-0.25, -0.2) is 9.49 Å². The number of hydrogen-bond acceptors (Lipinski definition) is 4. The minimum Gasteiger partial charge on any atom is -0.350 e. The van der Waals surface area contributed by atoms with Crippen LogP contribution in [0.4, 0.5) is 10.1 Å². The molecule has 0 radical (unpaired) electrons. The molecule has 0 saturated carbocycles. The molecule has 28 heavy (non-hydrogen) atoms. The monoisotopic (exact) mass is 380 g/mol. The van der Waals surface area contributed by atoms with E-state index in [2.05, 4.69) is 15.5 Å². The molecular weight excluding hydrogens is 363 g/mol. The second-order valence-corrected chi connectivity index (χ2v) is 6.64. The largest absolute Gasteiger partial charge is 0.350 e. The normalized spacial score (nSPS) is 16.5. The van der Waals surface area contributed by atoms with Crippen LogP contribution in [0, 0.1) is 11.7 Å². The zero-order chi connectivity index (χ0) is 19.7. The molecule has 2 N–H and O–H groups in total. The van der Waals surface area contributed by atoms with Crippen molar-refractivity contribution in [2.24, 2.45) is 5.92 Å². The summed E-state index contributed by atoms with van der Waals surface area (Å²) in [4.78, 5) is 38.1. The van der Waals surface area contributed by atoms with E-state index >= 15 is 0 Å². The van der Waals surface area contributed by atoms with Gasteiger partial charge < -0.3 is 10.2 Å². The number of anilines is 1. The zero-order valence-corrected chi connectivity index (χ0v) is 14.8. The van der Waals surface area contributed by atoms with E-state index in [-0.39, 0.29) is 42.7 Å². The predicted molar refractivity (Wildman–Crippen MR) is 101 cm³/mol. The first kappa shape index (κ1) is 17.8. The molecule has 142 valence electrons. The summed E-state index contributed by atoms with van der Waals surface area (Å²) < 4.78 is 13.1. The van der Waals surface area contributed by atoms with Crippen LogP contribution in [0.3, 0.4) is 0 Å². The lowest BCUT2D eigenvalue weighted by Gasteiger charge is -2.16. The highest BCUT2D eigenvalue weighted by Gasteiger charge is 2.35. The summed E-state index contributed by atoms with van der Waals surface area (Å²) in [6.07, 6.45) is 0.0863. The third-order valence-electron chi connectivity index (χ3n) is 4.84. The summed E-state index contributed by atoms with van der Waals surface area (Å²) in [6.45, 7) is 0.369. The van der Waals surface area contributed by atoms with E-state index in [4.69, 9.17) is 0 Å². The van der Waals surface area contributed by atoms with Crippen LogP contribution >= 0.6 is 0 Å². The van der Waals surface area contributed by atoms with Crippen molar-refractivity contribution >= 4 is 28.3 Å². The molecule has 3 aromatic rings. The maximum absolute atomic E-state index is 13.1. The van der Waals surface area contributed by atoms with E-state index in [1.807, 2.05) is 0 Å². The molecule has 2 aromatic carbocycles. The van der Waals surface area contributed by atoms with Gasteiger partial charge >= 0.3 is 0 Å². The molecule has 8 heteroatoms. The number of hydrogen-bond donors (Lipinski definition) is 2. The molecule has 4 rings (SSSR count). The third-order valence-corrected chi connectivity index (χ3v) is 4.84. The second kappa shape index (κ2) is 7.22. The van der Waals surface area contributed by atoms with Gasteiger partial charge in [0.05, 0.1) is 23.5 Å². The van der Waals surface area contributed by atoms with Crippen molar-refractivity contribution in [1.82, 2.24) is 15.5 Å². The molecule has 1 saturated heterocycles. The number of amides is 2. The van der Waals surface area contributed by atoms with Crippen LogP contribution in [-0.2, 0) is 16.1 Å². The van der Waals surface area contributed by atoms with Crippen LogP contribution in [0.2, 0.25) is 0 Å². The Hall–Kier alpha value is -3.55. The van der Waals surface area contributed by atoms with E-state index in [0.29, 0.717) is 22.2 Å². The van der Waals surface area contributed by atoms with Gasteiger partial charge in [0.2, 0.25) is 11.8 Å². The molecule has 0 spiro atoms. The molecule has 1 aromatic heterocycles. The Morgan fingerprint density at radius 2 is 1.86 bits per heavy atom. The lowest BCUT2D eigenvalue weighted by molar-refractivity contribution is -0.126. The van der Waals surface area contributed by atoms with Crippen molar-refractivity contribution in [3.8, 4) is 0 Å². The van der Waals surface area contributed by atoms with Gasteiger partial charge in [-0.1, -0.05) is 18.2 Å². The van der Waals surface area contributed by atoms with Crippen LogP contribution in [0.25, 0.3) is 10.8 Å². The number of benzene rings is 2. The van der Waals surface area contributed by atoms with Gasteiger partial charge in [0.15, 0.2) is 0 Å². The fourth-order valence-electron chi connectivity index (χ4n) is 3.38. The number of halogens is 1. The number of fused-ring (bicyclic) bond motifs is 1. The Morgan fingerprint density at radius 3 is 2.61 bits per heavy atom. The summed E-state index contributed by atoms with van der Waals surface area (Å²) in [5.41, 5.74) is 0.820. The first-order valence-electron chi connectivity index (χ1n) is 8.83. The topological polar surface area (TPSA) is 95.2 Å². The van der Waals surface area contributed by atoms with Gasteiger partial charge in [-0.05, 0) is 30.3 Å². The number of carbonyl (C=O) groups is 2. The fourth-order valence-corrected chi connectivity index (χ4v) is 3.38. The van der Waals surface area contributed by atoms with E-state index in [1.54, 1.807) is 24.3 Å². The van der Waals surface area contributed by atoms with Gasteiger partial charge in [0.25, 0.3) is 5.56 Å². The fraction of sp³-hybridized carbons (Fsp3) is 0.200. The number of nitrogens with one attached hydrogen (secondary N) is 2. The molecule has 7 nitrogen and oxygen atoms in total. The average molecular weight is 380 g/mol. The number of aromatic nitrogens is 2. The van der Waals surface area contributed by atoms with Gasteiger partial charge in [-0.15, -0.1) is 0 Å². The first-order chi connectivity index (χ1) is 13.5. The van der Waals surface area contributed by atoms with E-state index in [9.17, 15) is 18.8 Å². The minimum absolute atomic E-state index is 0.0863. The summed E-state index contributed by atoms with van der Waals surface area (Å²) in [5, 5.41) is 10.4. The van der Waals surface area contributed by atoms with Crippen LogP contribution < -0.4 is 15.8 Å². The Balaban J connectivity index is 1.45. The SMILES string of the molecule is O=C(NCc1n[nH]c(=O)c2ccccc12)[C@@H]1CC(=O)N(c2ccc(F)cc2)C1. The number of carbonyl (C=O) groups excluding carboxylic acids is 2. The van der Waals surface area contributed by atoms with Gasteiger partial charge in [-0.2, -0.15) is 5.10 Å². The number of rotatable bonds is 4. The van der Waals surface area contributed by atoms with Crippen LogP contribution in [0.15, 0.2) is 53.3 Å². The van der Waals surface area contributed by atoms with Crippen molar-refractivity contribution in [1.29, 1.82) is 0 Å². The molecule has 2 heterocycles. The summed E-state index contributed by atoms with van der Waals surface area (Å²) in [5.74, 6) is -1.34.